The minimum Gasteiger partial charge on any atom is -0.444 e. The number of fused-ring (bicyclic) bond motifs is 1. The molecule has 8 heteroatoms. The average Bonchev–Trinajstić information content (AvgIpc) is 2.91. The van der Waals surface area contributed by atoms with Crippen molar-refractivity contribution < 1.29 is 14.3 Å². The number of nitrogens with zero attached hydrogens (tertiary/aromatic N) is 4. The van der Waals surface area contributed by atoms with Crippen molar-refractivity contribution in [1.29, 1.82) is 5.26 Å². The van der Waals surface area contributed by atoms with Crippen LogP contribution in [0.5, 0.6) is 11.6 Å². The van der Waals surface area contributed by atoms with Crippen molar-refractivity contribution >= 4 is 17.9 Å². The number of hydrogen-bond donors (Lipinski definition) is 0. The van der Waals surface area contributed by atoms with Crippen molar-refractivity contribution in [2.75, 3.05) is 19.3 Å². The van der Waals surface area contributed by atoms with Crippen LogP contribution in [0.2, 0.25) is 0 Å². The smallest absolute Gasteiger partial charge is 0.410 e. The van der Waals surface area contributed by atoms with Gasteiger partial charge < -0.3 is 14.4 Å². The number of hydrogen-bond acceptors (Lipinski definition) is 7. The van der Waals surface area contributed by atoms with Gasteiger partial charge in [-0.05, 0) is 70.6 Å². The lowest BCUT2D eigenvalue weighted by molar-refractivity contribution is 0.0258. The molecule has 0 unspecified atom stereocenters. The Labute approximate surface area is 187 Å². The van der Waals surface area contributed by atoms with E-state index in [-0.39, 0.29) is 6.09 Å². The third kappa shape index (κ3) is 5.47. The van der Waals surface area contributed by atoms with E-state index >= 15 is 0 Å². The van der Waals surface area contributed by atoms with E-state index in [9.17, 15) is 10.1 Å². The molecule has 0 aliphatic carbocycles. The zero-order valence-corrected chi connectivity index (χ0v) is 19.7. The van der Waals surface area contributed by atoms with Gasteiger partial charge in [0.05, 0.1) is 17.3 Å². The summed E-state index contributed by atoms with van der Waals surface area (Å²) in [7, 11) is 0. The minimum absolute atomic E-state index is 0.320. The van der Waals surface area contributed by atoms with Gasteiger partial charge in [0.15, 0.2) is 5.16 Å². The van der Waals surface area contributed by atoms with Gasteiger partial charge >= 0.3 is 6.09 Å². The third-order valence-electron chi connectivity index (χ3n) is 4.91. The number of thioether (sulfide) groups is 1. The van der Waals surface area contributed by atoms with Gasteiger partial charge in [-0.2, -0.15) is 10.2 Å². The largest absolute Gasteiger partial charge is 0.444 e. The summed E-state index contributed by atoms with van der Waals surface area (Å²) in [6, 6.07) is 5.79. The lowest BCUT2D eigenvalue weighted by Gasteiger charge is -2.26. The number of nitriles is 1. The highest BCUT2D eigenvalue weighted by molar-refractivity contribution is 7.98. The van der Waals surface area contributed by atoms with E-state index in [2.05, 4.69) is 16.0 Å². The van der Waals surface area contributed by atoms with Crippen LogP contribution in [0.15, 0.2) is 17.3 Å². The molecule has 0 bridgehead atoms. The Morgan fingerprint density at radius 2 is 1.81 bits per heavy atom. The normalized spacial score (nSPS) is 13.8. The molecule has 1 amide bonds. The molecule has 1 aromatic heterocycles. The van der Waals surface area contributed by atoms with Crippen molar-refractivity contribution in [3.05, 3.63) is 40.1 Å². The Kier molecular flexibility index (Phi) is 6.75. The van der Waals surface area contributed by atoms with Gasteiger partial charge in [0.25, 0.3) is 0 Å². The molecule has 0 radical (unpaired) electrons. The van der Waals surface area contributed by atoms with E-state index < -0.39 is 5.60 Å². The number of ether oxygens (including phenoxy) is 2. The van der Waals surface area contributed by atoms with Crippen molar-refractivity contribution in [3.8, 4) is 17.7 Å². The van der Waals surface area contributed by atoms with Crippen molar-refractivity contribution in [3.63, 3.8) is 0 Å². The predicted molar refractivity (Wildman–Crippen MR) is 120 cm³/mol. The Bertz CT molecular complexity index is 1020. The highest BCUT2D eigenvalue weighted by atomic mass is 32.2. The Morgan fingerprint density at radius 1 is 1.16 bits per heavy atom. The van der Waals surface area contributed by atoms with Crippen LogP contribution in [-0.2, 0) is 17.6 Å². The summed E-state index contributed by atoms with van der Waals surface area (Å²) in [5.74, 6) is 1.21. The standard InChI is InChI=1S/C23H28N4O3S/c1-14-11-16(13-24)12-15(2)19(14)29-20-17-7-9-27(22(28)30-23(3,4)5)10-8-18(17)25-21(26-20)31-6/h11-12H,7-10H2,1-6H3. The maximum atomic E-state index is 12.6. The van der Waals surface area contributed by atoms with Crippen molar-refractivity contribution in [2.45, 2.75) is 58.2 Å². The molecule has 3 rings (SSSR count). The first-order valence-electron chi connectivity index (χ1n) is 10.2. The van der Waals surface area contributed by atoms with E-state index in [4.69, 9.17) is 9.47 Å². The summed E-state index contributed by atoms with van der Waals surface area (Å²) in [4.78, 5) is 23.6. The third-order valence-corrected chi connectivity index (χ3v) is 5.45. The molecule has 0 atom stereocenters. The molecule has 1 aromatic carbocycles. The summed E-state index contributed by atoms with van der Waals surface area (Å²) in [5, 5.41) is 9.84. The van der Waals surface area contributed by atoms with Gasteiger partial charge in [-0.25, -0.2) is 9.78 Å². The quantitative estimate of drug-likeness (QED) is 0.499. The van der Waals surface area contributed by atoms with Crippen molar-refractivity contribution in [2.24, 2.45) is 0 Å². The number of amides is 1. The summed E-state index contributed by atoms with van der Waals surface area (Å²) in [5.41, 5.74) is 3.61. The molecule has 7 nitrogen and oxygen atoms in total. The van der Waals surface area contributed by atoms with Crippen LogP contribution >= 0.6 is 11.8 Å². The maximum Gasteiger partial charge on any atom is 0.410 e. The van der Waals surface area contributed by atoms with E-state index in [1.54, 1.807) is 4.90 Å². The molecule has 0 saturated heterocycles. The fourth-order valence-electron chi connectivity index (χ4n) is 3.50. The fourth-order valence-corrected chi connectivity index (χ4v) is 3.88. The lowest BCUT2D eigenvalue weighted by Crippen LogP contribution is -2.38. The van der Waals surface area contributed by atoms with Gasteiger partial charge in [0, 0.05) is 25.1 Å². The Balaban J connectivity index is 1.92. The molecule has 0 saturated carbocycles. The molecule has 0 spiro atoms. The van der Waals surface area contributed by atoms with Crippen LogP contribution in [-0.4, -0.2) is 45.9 Å². The van der Waals surface area contributed by atoms with Gasteiger partial charge in [0.1, 0.15) is 11.4 Å². The van der Waals surface area contributed by atoms with E-state index in [0.717, 1.165) is 22.4 Å². The molecule has 1 aliphatic heterocycles. The molecule has 2 heterocycles. The van der Waals surface area contributed by atoms with E-state index in [0.29, 0.717) is 48.3 Å². The second-order valence-electron chi connectivity index (χ2n) is 8.56. The molecule has 0 fully saturated rings. The number of rotatable bonds is 3. The summed E-state index contributed by atoms with van der Waals surface area (Å²) < 4.78 is 11.8. The average molecular weight is 441 g/mol. The van der Waals surface area contributed by atoms with E-state index in [1.165, 1.54) is 11.8 Å². The van der Waals surface area contributed by atoms with Crippen LogP contribution < -0.4 is 4.74 Å². The number of benzene rings is 1. The molecular formula is C23H28N4O3S. The Morgan fingerprint density at radius 3 is 2.39 bits per heavy atom. The molecular weight excluding hydrogens is 412 g/mol. The van der Waals surface area contributed by atoms with Crippen LogP contribution in [0.3, 0.4) is 0 Å². The maximum absolute atomic E-state index is 12.6. The molecule has 31 heavy (non-hydrogen) atoms. The number of carbonyl (C=O) groups excluding carboxylic acids is 1. The monoisotopic (exact) mass is 440 g/mol. The zero-order valence-electron chi connectivity index (χ0n) is 18.9. The zero-order chi connectivity index (χ0) is 22.8. The van der Waals surface area contributed by atoms with Gasteiger partial charge in [-0.15, -0.1) is 0 Å². The van der Waals surface area contributed by atoms with Gasteiger partial charge in [-0.3, -0.25) is 0 Å². The Hall–Kier alpha value is -2.79. The van der Waals surface area contributed by atoms with E-state index in [1.807, 2.05) is 53.0 Å². The highest BCUT2D eigenvalue weighted by Gasteiger charge is 2.27. The summed E-state index contributed by atoms with van der Waals surface area (Å²) in [6.07, 6.45) is 2.78. The van der Waals surface area contributed by atoms with Crippen molar-refractivity contribution in [1.82, 2.24) is 14.9 Å². The van der Waals surface area contributed by atoms with Crippen LogP contribution in [0.1, 0.15) is 48.7 Å². The first kappa shape index (κ1) is 22.9. The van der Waals surface area contributed by atoms with Crippen LogP contribution in [0.4, 0.5) is 4.79 Å². The predicted octanol–water partition coefficient (Wildman–Crippen LogP) is 4.82. The number of carbonyl (C=O) groups is 1. The molecule has 1 aliphatic rings. The van der Waals surface area contributed by atoms with Gasteiger partial charge in [0.2, 0.25) is 5.88 Å². The first-order valence-corrected chi connectivity index (χ1v) is 11.4. The summed E-state index contributed by atoms with van der Waals surface area (Å²) >= 11 is 1.45. The minimum atomic E-state index is -0.541. The van der Waals surface area contributed by atoms with Crippen LogP contribution in [0, 0.1) is 25.2 Å². The second kappa shape index (κ2) is 9.15. The van der Waals surface area contributed by atoms with Crippen LogP contribution in [0.25, 0.3) is 0 Å². The molecule has 164 valence electrons. The fraction of sp³-hybridized carbons (Fsp3) is 0.478. The first-order chi connectivity index (χ1) is 14.6. The lowest BCUT2D eigenvalue weighted by atomic mass is 10.1. The highest BCUT2D eigenvalue weighted by Crippen LogP contribution is 2.34. The number of aryl methyl sites for hydroxylation is 2. The molecule has 2 aromatic rings. The second-order valence-corrected chi connectivity index (χ2v) is 9.33. The topological polar surface area (TPSA) is 88.3 Å². The van der Waals surface area contributed by atoms with Gasteiger partial charge in [-0.1, -0.05) is 11.8 Å². The summed E-state index contributed by atoms with van der Waals surface area (Å²) in [6.45, 7) is 10.5. The molecule has 0 N–H and O–H groups in total. The number of aromatic nitrogens is 2. The SMILES string of the molecule is CSc1nc2c(c(Oc3c(C)cc(C#N)cc3C)n1)CCN(C(=O)OC(C)(C)C)CC2.